The molecule has 0 fully saturated rings. The summed E-state index contributed by atoms with van der Waals surface area (Å²) in [7, 11) is -5.99. The molecule has 30 heavy (non-hydrogen) atoms. The summed E-state index contributed by atoms with van der Waals surface area (Å²) >= 11 is 0. The molecule has 0 aromatic heterocycles. The molecular weight excluding hydrogens is 420 g/mol. The molecule has 4 nitrogen and oxygen atoms in total. The molecule has 1 unspecified atom stereocenters. The normalized spacial score (nSPS) is 16.8. The van der Waals surface area contributed by atoms with Crippen molar-refractivity contribution in [3.05, 3.63) is 125 Å². The van der Waals surface area contributed by atoms with E-state index >= 15 is 0 Å². The zero-order valence-electron chi connectivity index (χ0n) is 15.9. The van der Waals surface area contributed by atoms with Crippen LogP contribution in [0.25, 0.3) is 5.57 Å². The van der Waals surface area contributed by atoms with Crippen LogP contribution in [0.1, 0.15) is 16.7 Å². The van der Waals surface area contributed by atoms with Crippen molar-refractivity contribution in [3.8, 4) is 0 Å². The molecule has 0 bridgehead atoms. The van der Waals surface area contributed by atoms with E-state index in [4.69, 9.17) is 3.74 Å². The van der Waals surface area contributed by atoms with Gasteiger partial charge in [0.2, 0.25) is 0 Å². The summed E-state index contributed by atoms with van der Waals surface area (Å²) in [6, 6.07) is 28.8. The highest BCUT2D eigenvalue weighted by atomic mass is 35.7. The molecule has 0 radical (unpaired) electrons. The Bertz CT molecular complexity index is 1100. The lowest BCUT2D eigenvalue weighted by Gasteiger charge is -2.23. The average Bonchev–Trinajstić information content (AvgIpc) is 2.76. The van der Waals surface area contributed by atoms with Gasteiger partial charge in [-0.1, -0.05) is 97.1 Å². The number of hydrogen-bond donors (Lipinski definition) is 0. The lowest BCUT2D eigenvalue weighted by molar-refractivity contribution is -1.91. The first kappa shape index (κ1) is 20.8. The molecular formula is C24H19ClO4S. The van der Waals surface area contributed by atoms with Crippen LogP contribution in [-0.2, 0) is 10.2 Å². The molecule has 1 heterocycles. The Balaban J connectivity index is 1.91. The lowest BCUT2D eigenvalue weighted by atomic mass is 9.97. The van der Waals surface area contributed by atoms with Gasteiger partial charge in [-0.25, -0.2) is 0 Å². The van der Waals surface area contributed by atoms with Crippen LogP contribution in [0.15, 0.2) is 108 Å². The molecule has 0 aliphatic carbocycles. The molecule has 0 saturated carbocycles. The highest BCUT2D eigenvalue weighted by Gasteiger charge is 2.32. The van der Waals surface area contributed by atoms with Gasteiger partial charge in [0.1, 0.15) is 14.5 Å². The van der Waals surface area contributed by atoms with Gasteiger partial charge in [-0.05, 0) is 28.3 Å². The van der Waals surface area contributed by atoms with Crippen molar-refractivity contribution < 1.29 is 28.0 Å². The van der Waals surface area contributed by atoms with Crippen LogP contribution < -0.4 is 14.0 Å². The van der Waals surface area contributed by atoms with Crippen molar-refractivity contribution in [1.29, 1.82) is 0 Å². The minimum atomic E-state index is -4.62. The molecule has 0 saturated heterocycles. The van der Waals surface area contributed by atoms with Crippen LogP contribution in [0, 0.1) is 10.2 Å². The van der Waals surface area contributed by atoms with Crippen molar-refractivity contribution >= 4 is 21.2 Å². The van der Waals surface area contributed by atoms with Gasteiger partial charge in [0.05, 0.1) is 15.1 Å². The fourth-order valence-electron chi connectivity index (χ4n) is 3.31. The summed E-state index contributed by atoms with van der Waals surface area (Å²) in [6.45, 7) is 0. The Kier molecular flexibility index (Phi) is 6.29. The fraction of sp³-hybridized carbons (Fsp3) is 0.0417. The first-order chi connectivity index (χ1) is 14.5. The van der Waals surface area contributed by atoms with Crippen molar-refractivity contribution in [3.63, 3.8) is 0 Å². The molecule has 6 heteroatoms. The van der Waals surface area contributed by atoms with E-state index in [0.717, 1.165) is 27.2 Å². The van der Waals surface area contributed by atoms with E-state index in [1.165, 1.54) is 0 Å². The number of allylic oxidation sites excluding steroid dienone is 4. The van der Waals surface area contributed by atoms with E-state index in [9.17, 15) is 14.0 Å². The van der Waals surface area contributed by atoms with E-state index in [-0.39, 0.29) is 0 Å². The topological polar surface area (TPSA) is 78.4 Å². The van der Waals surface area contributed by atoms with Crippen molar-refractivity contribution in [2.45, 2.75) is 6.42 Å². The van der Waals surface area contributed by atoms with E-state index < -0.39 is 21.0 Å². The summed E-state index contributed by atoms with van der Waals surface area (Å²) in [5.74, 6) is 0. The van der Waals surface area contributed by atoms with E-state index in [1.807, 2.05) is 103 Å². The third kappa shape index (κ3) is 4.96. The molecule has 0 amide bonds. The van der Waals surface area contributed by atoms with Crippen molar-refractivity contribution in [2.24, 2.45) is 0 Å². The van der Waals surface area contributed by atoms with Gasteiger partial charge in [-0.15, -0.1) is 0 Å². The van der Waals surface area contributed by atoms with Crippen LogP contribution in [0.5, 0.6) is 0 Å². The summed E-state index contributed by atoms with van der Waals surface area (Å²) in [5.41, 5.74) is 3.58. The summed E-state index contributed by atoms with van der Waals surface area (Å²) in [4.78, 5) is 1.41. The Morgan fingerprint density at radius 2 is 1.20 bits per heavy atom. The maximum atomic E-state index is 11.7. The molecule has 1 aliphatic heterocycles. The second-order valence-electron chi connectivity index (χ2n) is 6.65. The predicted octanol–water partition coefficient (Wildman–Crippen LogP) is 2.53. The molecule has 4 rings (SSSR count). The highest BCUT2D eigenvalue weighted by Crippen LogP contribution is 2.42. The second kappa shape index (κ2) is 9.10. The summed E-state index contributed by atoms with van der Waals surface area (Å²) in [5, 5.41) is 0. The van der Waals surface area contributed by atoms with Gasteiger partial charge < -0.3 is 0 Å². The number of benzene rings is 3. The maximum absolute atomic E-state index is 11.7. The van der Waals surface area contributed by atoms with E-state index in [0.29, 0.717) is 11.3 Å². The molecule has 3 aromatic rings. The monoisotopic (exact) mass is 438 g/mol. The standard InChI is InChI=1S/C24H19ClO4S/c26-25(27,28)29-30-22(18-19-10-4-1-5-11-19)16-17-23(20-12-6-2-7-13-20)24(30)21-14-8-3-9-15-21/h1-17H,18H2. The Hall–Kier alpha value is -2.51. The quantitative estimate of drug-likeness (QED) is 0.554. The highest BCUT2D eigenvalue weighted by molar-refractivity contribution is 8.16. The van der Waals surface area contributed by atoms with Crippen LogP contribution in [0.4, 0.5) is 0 Å². The van der Waals surface area contributed by atoms with Gasteiger partial charge in [0.25, 0.3) is 0 Å². The van der Waals surface area contributed by atoms with Crippen LogP contribution in [0.2, 0.25) is 0 Å². The molecule has 0 spiro atoms. The maximum Gasteiger partial charge on any atom is 0.144 e. The third-order valence-corrected chi connectivity index (χ3v) is 7.29. The average molecular weight is 439 g/mol. The van der Waals surface area contributed by atoms with Crippen LogP contribution in [0.3, 0.4) is 0 Å². The SMILES string of the molecule is [O-][Cl+3]([O-])([O-])OS1=C(c2ccccc2)C(c2ccccc2)=CC=C1Cc1ccccc1. The van der Waals surface area contributed by atoms with Gasteiger partial charge in [0, 0.05) is 11.3 Å². The first-order valence-electron chi connectivity index (χ1n) is 9.29. The molecule has 1 aliphatic rings. The van der Waals surface area contributed by atoms with E-state index in [2.05, 4.69) is 0 Å². The Morgan fingerprint density at radius 1 is 0.667 bits per heavy atom. The zero-order chi connectivity index (χ0) is 21.0. The fourth-order valence-corrected chi connectivity index (χ4v) is 5.99. The summed E-state index contributed by atoms with van der Waals surface area (Å²) in [6.07, 6.45) is 4.31. The number of rotatable bonds is 6. The number of hydrogen-bond acceptors (Lipinski definition) is 4. The van der Waals surface area contributed by atoms with Gasteiger partial charge in [-0.3, -0.25) is 0 Å². The summed E-state index contributed by atoms with van der Waals surface area (Å²) < 4.78 is 40.1. The Labute approximate surface area is 180 Å². The van der Waals surface area contributed by atoms with Gasteiger partial charge in [-0.2, -0.15) is 14.0 Å². The minimum Gasteiger partial charge on any atom is -0.182 e. The lowest BCUT2D eigenvalue weighted by Crippen LogP contribution is -2.60. The smallest absolute Gasteiger partial charge is 0.144 e. The second-order valence-corrected chi connectivity index (χ2v) is 9.38. The van der Waals surface area contributed by atoms with Crippen molar-refractivity contribution in [1.82, 2.24) is 0 Å². The largest absolute Gasteiger partial charge is 0.182 e. The van der Waals surface area contributed by atoms with Crippen LogP contribution in [-0.4, -0.2) is 4.86 Å². The predicted molar refractivity (Wildman–Crippen MR) is 112 cm³/mol. The Morgan fingerprint density at radius 3 is 1.77 bits per heavy atom. The van der Waals surface area contributed by atoms with Gasteiger partial charge in [0.15, 0.2) is 0 Å². The third-order valence-electron chi connectivity index (χ3n) is 4.59. The van der Waals surface area contributed by atoms with Crippen molar-refractivity contribution in [2.75, 3.05) is 0 Å². The molecule has 1 atom stereocenters. The first-order valence-corrected chi connectivity index (χ1v) is 11.7. The minimum absolute atomic E-state index is 0.476. The molecule has 0 N–H and O–H groups in total. The number of halogens is 1. The van der Waals surface area contributed by atoms with E-state index in [1.54, 1.807) is 0 Å². The molecule has 3 aromatic carbocycles. The molecule has 152 valence electrons. The van der Waals surface area contributed by atoms with Gasteiger partial charge >= 0.3 is 0 Å². The van der Waals surface area contributed by atoms with Crippen LogP contribution >= 0.6 is 10.8 Å². The zero-order valence-corrected chi connectivity index (χ0v) is 17.5.